The Morgan fingerprint density at radius 3 is 2.37 bits per heavy atom. The van der Waals surface area contributed by atoms with Gasteiger partial charge in [0.15, 0.2) is 0 Å². The number of benzene rings is 2. The molecule has 1 heterocycles. The van der Waals surface area contributed by atoms with Crippen LogP contribution in [0.25, 0.3) is 0 Å². The van der Waals surface area contributed by atoms with E-state index in [9.17, 15) is 22.9 Å². The molecule has 2 aromatic carbocycles. The minimum absolute atomic E-state index is 0.0340. The van der Waals surface area contributed by atoms with Gasteiger partial charge in [0, 0.05) is 44.4 Å². The summed E-state index contributed by atoms with van der Waals surface area (Å²) in [6.07, 6.45) is 0. The number of sulfonamides is 1. The molecule has 7 nitrogen and oxygen atoms in total. The summed E-state index contributed by atoms with van der Waals surface area (Å²) in [7, 11) is -3.74. The van der Waals surface area contributed by atoms with Crippen LogP contribution in [0.5, 0.6) is 0 Å². The van der Waals surface area contributed by atoms with Crippen LogP contribution in [-0.2, 0) is 10.0 Å². The van der Waals surface area contributed by atoms with Crippen LogP contribution >= 0.6 is 0 Å². The maximum Gasteiger partial charge on any atom is 0.269 e. The molecule has 1 fully saturated rings. The predicted molar refractivity (Wildman–Crippen MR) is 98.2 cm³/mol. The van der Waals surface area contributed by atoms with Crippen molar-refractivity contribution in [2.45, 2.75) is 17.9 Å². The molecule has 0 bridgehead atoms. The van der Waals surface area contributed by atoms with Gasteiger partial charge in [-0.05, 0) is 30.7 Å². The summed E-state index contributed by atoms with van der Waals surface area (Å²) in [6, 6.07) is 11.4. The van der Waals surface area contributed by atoms with E-state index in [2.05, 4.69) is 4.90 Å². The predicted octanol–water partition coefficient (Wildman–Crippen LogP) is 2.80. The van der Waals surface area contributed by atoms with Crippen LogP contribution in [0.2, 0.25) is 0 Å². The summed E-state index contributed by atoms with van der Waals surface area (Å²) in [5.74, 6) is -0.589. The fourth-order valence-electron chi connectivity index (χ4n) is 3.22. The molecule has 0 radical (unpaired) electrons. The Hall–Kier alpha value is -2.36. The number of halogens is 1. The Morgan fingerprint density at radius 2 is 1.74 bits per heavy atom. The van der Waals surface area contributed by atoms with E-state index in [1.54, 1.807) is 12.1 Å². The lowest BCUT2D eigenvalue weighted by molar-refractivity contribution is -0.385. The van der Waals surface area contributed by atoms with Crippen molar-refractivity contribution in [1.29, 1.82) is 0 Å². The molecular formula is C18H20FN3O4S. The molecule has 1 saturated heterocycles. The lowest BCUT2D eigenvalue weighted by Crippen LogP contribution is -2.49. The molecular weight excluding hydrogens is 373 g/mol. The molecule has 0 aliphatic carbocycles. The minimum atomic E-state index is -3.74. The Labute approximate surface area is 157 Å². The van der Waals surface area contributed by atoms with Crippen molar-refractivity contribution in [2.24, 2.45) is 0 Å². The highest BCUT2D eigenvalue weighted by molar-refractivity contribution is 7.89. The number of rotatable bonds is 5. The summed E-state index contributed by atoms with van der Waals surface area (Å²) in [5, 5.41) is 11.0. The number of nitrogens with zero attached hydrogens (tertiary/aromatic N) is 3. The quantitative estimate of drug-likeness (QED) is 0.576. The fourth-order valence-corrected chi connectivity index (χ4v) is 4.67. The van der Waals surface area contributed by atoms with E-state index in [4.69, 9.17) is 0 Å². The maximum atomic E-state index is 13.4. The van der Waals surface area contributed by atoms with Crippen LogP contribution in [0, 0.1) is 15.9 Å². The fraction of sp³-hybridized carbons (Fsp3) is 0.333. The molecule has 0 aromatic heterocycles. The smallest absolute Gasteiger partial charge is 0.269 e. The van der Waals surface area contributed by atoms with Crippen LogP contribution in [-0.4, -0.2) is 48.7 Å². The first kappa shape index (κ1) is 19.4. The third-order valence-corrected chi connectivity index (χ3v) is 6.71. The van der Waals surface area contributed by atoms with Crippen LogP contribution < -0.4 is 0 Å². The van der Waals surface area contributed by atoms with Gasteiger partial charge in [-0.2, -0.15) is 4.31 Å². The molecule has 3 rings (SSSR count). The summed E-state index contributed by atoms with van der Waals surface area (Å²) in [5.41, 5.74) is 0.845. The Bertz CT molecular complexity index is 943. The highest BCUT2D eigenvalue weighted by atomic mass is 32.2. The monoisotopic (exact) mass is 393 g/mol. The van der Waals surface area contributed by atoms with Crippen molar-refractivity contribution in [1.82, 2.24) is 9.21 Å². The standard InChI is InChI=1S/C18H20FN3O4S/c1-14(15-4-2-6-17(12-15)22(23)24)20-8-10-21(11-9-20)27(25,26)18-7-3-5-16(19)13-18/h2-7,12-14H,8-11H2,1H3/t14-/m1/s1. The highest BCUT2D eigenvalue weighted by Gasteiger charge is 2.30. The summed E-state index contributed by atoms with van der Waals surface area (Å²) >= 11 is 0. The minimum Gasteiger partial charge on any atom is -0.294 e. The molecule has 0 amide bonds. The zero-order valence-corrected chi connectivity index (χ0v) is 15.6. The zero-order valence-electron chi connectivity index (χ0n) is 14.8. The first-order chi connectivity index (χ1) is 12.8. The number of hydrogen-bond donors (Lipinski definition) is 0. The first-order valence-electron chi connectivity index (χ1n) is 8.53. The van der Waals surface area contributed by atoms with Gasteiger partial charge in [0.05, 0.1) is 9.82 Å². The van der Waals surface area contributed by atoms with Gasteiger partial charge in [-0.1, -0.05) is 18.2 Å². The molecule has 1 atom stereocenters. The van der Waals surface area contributed by atoms with Gasteiger partial charge in [0.25, 0.3) is 5.69 Å². The average molecular weight is 393 g/mol. The van der Waals surface area contributed by atoms with Crippen molar-refractivity contribution in [3.05, 3.63) is 70.0 Å². The molecule has 0 spiro atoms. The largest absolute Gasteiger partial charge is 0.294 e. The molecule has 1 aliphatic rings. The lowest BCUT2D eigenvalue weighted by atomic mass is 10.1. The molecule has 0 saturated carbocycles. The van der Waals surface area contributed by atoms with Crippen molar-refractivity contribution in [2.75, 3.05) is 26.2 Å². The van der Waals surface area contributed by atoms with E-state index in [0.29, 0.717) is 13.1 Å². The molecule has 27 heavy (non-hydrogen) atoms. The highest BCUT2D eigenvalue weighted by Crippen LogP contribution is 2.26. The molecule has 1 aliphatic heterocycles. The second-order valence-electron chi connectivity index (χ2n) is 6.43. The SMILES string of the molecule is C[C@H](c1cccc([N+](=O)[O-])c1)N1CCN(S(=O)(=O)c2cccc(F)c2)CC1. The van der Waals surface area contributed by atoms with E-state index in [1.807, 2.05) is 13.0 Å². The lowest BCUT2D eigenvalue weighted by Gasteiger charge is -2.37. The topological polar surface area (TPSA) is 83.8 Å². The van der Waals surface area contributed by atoms with Crippen LogP contribution in [0.15, 0.2) is 53.4 Å². The van der Waals surface area contributed by atoms with E-state index in [0.717, 1.165) is 11.6 Å². The Kier molecular flexibility index (Phi) is 5.54. The Morgan fingerprint density at radius 1 is 1.07 bits per heavy atom. The number of piperazine rings is 1. The van der Waals surface area contributed by atoms with E-state index in [1.165, 1.54) is 28.6 Å². The molecule has 144 valence electrons. The van der Waals surface area contributed by atoms with Crippen LogP contribution in [0.1, 0.15) is 18.5 Å². The second-order valence-corrected chi connectivity index (χ2v) is 8.36. The average Bonchev–Trinajstić information content (AvgIpc) is 2.67. The van der Waals surface area contributed by atoms with Gasteiger partial charge < -0.3 is 0 Å². The van der Waals surface area contributed by atoms with Crippen molar-refractivity contribution < 1.29 is 17.7 Å². The molecule has 0 N–H and O–H groups in total. The Balaban J connectivity index is 1.70. The zero-order chi connectivity index (χ0) is 19.6. The third kappa shape index (κ3) is 4.15. The second kappa shape index (κ2) is 7.71. The van der Waals surface area contributed by atoms with Gasteiger partial charge in [-0.15, -0.1) is 0 Å². The van der Waals surface area contributed by atoms with Gasteiger partial charge in [-0.3, -0.25) is 15.0 Å². The number of nitro benzene ring substituents is 1. The van der Waals surface area contributed by atoms with Crippen molar-refractivity contribution in [3.8, 4) is 0 Å². The van der Waals surface area contributed by atoms with E-state index in [-0.39, 0.29) is 29.7 Å². The third-order valence-electron chi connectivity index (χ3n) is 4.82. The number of hydrogen-bond acceptors (Lipinski definition) is 5. The molecule has 2 aromatic rings. The summed E-state index contributed by atoms with van der Waals surface area (Å²) in [4.78, 5) is 12.6. The molecule has 0 unspecified atom stereocenters. The first-order valence-corrected chi connectivity index (χ1v) is 9.97. The maximum absolute atomic E-state index is 13.4. The van der Waals surface area contributed by atoms with E-state index < -0.39 is 20.8 Å². The van der Waals surface area contributed by atoms with Gasteiger partial charge >= 0.3 is 0 Å². The summed E-state index contributed by atoms with van der Waals surface area (Å²) in [6.45, 7) is 3.46. The van der Waals surface area contributed by atoms with Gasteiger partial charge in [-0.25, -0.2) is 12.8 Å². The van der Waals surface area contributed by atoms with E-state index >= 15 is 0 Å². The van der Waals surface area contributed by atoms with Crippen LogP contribution in [0.4, 0.5) is 10.1 Å². The van der Waals surface area contributed by atoms with Crippen molar-refractivity contribution >= 4 is 15.7 Å². The van der Waals surface area contributed by atoms with Gasteiger partial charge in [0.2, 0.25) is 10.0 Å². The van der Waals surface area contributed by atoms with Gasteiger partial charge in [0.1, 0.15) is 5.82 Å². The summed E-state index contributed by atoms with van der Waals surface area (Å²) < 4.78 is 40.1. The van der Waals surface area contributed by atoms with Crippen LogP contribution in [0.3, 0.4) is 0 Å². The normalized spacial score (nSPS) is 17.6. The van der Waals surface area contributed by atoms with Crippen molar-refractivity contribution in [3.63, 3.8) is 0 Å². The number of non-ortho nitro benzene ring substituents is 1. The number of nitro groups is 1. The molecule has 9 heteroatoms.